The van der Waals surface area contributed by atoms with E-state index in [4.69, 9.17) is 0 Å². The van der Waals surface area contributed by atoms with Gasteiger partial charge in [-0.3, -0.25) is 4.90 Å². The Kier molecular flexibility index (Phi) is 3.38. The third kappa shape index (κ3) is 2.79. The van der Waals surface area contributed by atoms with Crippen LogP contribution in [-0.4, -0.2) is 45.3 Å². The number of β-amino-alcohol motifs (C(OH)–C–C–N with tert-alkyl or cyclic N) is 1. The largest absolute Gasteiger partial charge is 0.392 e. The molecule has 84 valence electrons. The Labute approximate surface area is 90.5 Å². The maximum atomic E-state index is 9.53. The highest BCUT2D eigenvalue weighted by Crippen LogP contribution is 2.09. The predicted molar refractivity (Wildman–Crippen MR) is 58.6 cm³/mol. The van der Waals surface area contributed by atoms with Gasteiger partial charge in [-0.2, -0.15) is 0 Å². The Hall–Kier alpha value is -0.870. The number of imidazole rings is 1. The molecule has 1 aromatic rings. The van der Waals surface area contributed by atoms with Crippen LogP contribution in [0.1, 0.15) is 18.7 Å². The van der Waals surface area contributed by atoms with E-state index in [2.05, 4.69) is 14.5 Å². The molecule has 0 amide bonds. The minimum absolute atomic E-state index is 0.123. The summed E-state index contributed by atoms with van der Waals surface area (Å²) in [4.78, 5) is 6.52. The van der Waals surface area contributed by atoms with Crippen molar-refractivity contribution in [2.75, 3.05) is 19.6 Å². The van der Waals surface area contributed by atoms with Crippen LogP contribution in [0.15, 0.2) is 12.4 Å². The van der Waals surface area contributed by atoms with E-state index in [0.29, 0.717) is 0 Å². The van der Waals surface area contributed by atoms with Crippen molar-refractivity contribution >= 4 is 0 Å². The number of hydrogen-bond donors (Lipinski definition) is 1. The monoisotopic (exact) mass is 209 g/mol. The fourth-order valence-electron chi connectivity index (χ4n) is 2.12. The summed E-state index contributed by atoms with van der Waals surface area (Å²) in [6.45, 7) is 5.94. The molecule has 0 radical (unpaired) electrons. The van der Waals surface area contributed by atoms with Gasteiger partial charge >= 0.3 is 0 Å². The Morgan fingerprint density at radius 3 is 3.07 bits per heavy atom. The summed E-state index contributed by atoms with van der Waals surface area (Å²) < 4.78 is 2.15. The number of nitrogens with zero attached hydrogens (tertiary/aromatic N) is 3. The quantitative estimate of drug-likeness (QED) is 0.794. The Bertz CT molecular complexity index is 311. The smallest absolute Gasteiger partial charge is 0.105 e. The summed E-state index contributed by atoms with van der Waals surface area (Å²) in [6.07, 6.45) is 5.79. The summed E-state index contributed by atoms with van der Waals surface area (Å²) in [5.41, 5.74) is 0. The Morgan fingerprint density at radius 2 is 2.40 bits per heavy atom. The van der Waals surface area contributed by atoms with E-state index >= 15 is 0 Å². The highest BCUT2D eigenvalue weighted by atomic mass is 16.3. The first-order chi connectivity index (χ1) is 7.25. The lowest BCUT2D eigenvalue weighted by atomic mass is 10.1. The standard InChI is InChI=1S/C11H19N3O/c1-10-12-4-6-14(10)8-7-13-5-2-3-11(15)9-13/h4,6,11,15H,2-3,5,7-9H2,1H3. The average molecular weight is 209 g/mol. The molecular weight excluding hydrogens is 190 g/mol. The highest BCUT2D eigenvalue weighted by Gasteiger charge is 2.16. The van der Waals surface area contributed by atoms with Gasteiger partial charge < -0.3 is 9.67 Å². The van der Waals surface area contributed by atoms with Gasteiger partial charge in [0.1, 0.15) is 5.82 Å². The molecule has 4 nitrogen and oxygen atoms in total. The second-order valence-electron chi connectivity index (χ2n) is 4.26. The van der Waals surface area contributed by atoms with Crippen molar-refractivity contribution < 1.29 is 5.11 Å². The lowest BCUT2D eigenvalue weighted by molar-refractivity contribution is 0.0688. The molecule has 0 saturated carbocycles. The molecular formula is C11H19N3O. The van der Waals surface area contributed by atoms with Crippen molar-refractivity contribution in [1.82, 2.24) is 14.5 Å². The second-order valence-corrected chi connectivity index (χ2v) is 4.26. The molecule has 0 bridgehead atoms. The first-order valence-electron chi connectivity index (χ1n) is 5.64. The number of aliphatic hydroxyl groups excluding tert-OH is 1. The van der Waals surface area contributed by atoms with Gasteiger partial charge in [0.2, 0.25) is 0 Å². The van der Waals surface area contributed by atoms with Crippen LogP contribution in [0.2, 0.25) is 0 Å². The van der Waals surface area contributed by atoms with Crippen molar-refractivity contribution in [3.05, 3.63) is 18.2 Å². The van der Waals surface area contributed by atoms with Crippen LogP contribution >= 0.6 is 0 Å². The lowest BCUT2D eigenvalue weighted by Crippen LogP contribution is -2.39. The van der Waals surface area contributed by atoms with Crippen molar-refractivity contribution in [3.63, 3.8) is 0 Å². The van der Waals surface area contributed by atoms with Gasteiger partial charge in [-0.05, 0) is 26.3 Å². The molecule has 2 rings (SSSR count). The van der Waals surface area contributed by atoms with Crippen molar-refractivity contribution in [3.8, 4) is 0 Å². The van der Waals surface area contributed by atoms with Crippen molar-refractivity contribution in [2.24, 2.45) is 0 Å². The van der Waals surface area contributed by atoms with E-state index in [1.165, 1.54) is 0 Å². The number of rotatable bonds is 3. The first-order valence-corrected chi connectivity index (χ1v) is 5.64. The fourth-order valence-corrected chi connectivity index (χ4v) is 2.12. The Morgan fingerprint density at radius 1 is 1.53 bits per heavy atom. The molecule has 0 spiro atoms. The average Bonchev–Trinajstić information content (AvgIpc) is 2.61. The van der Waals surface area contributed by atoms with Crippen LogP contribution in [0.5, 0.6) is 0 Å². The van der Waals surface area contributed by atoms with Crippen molar-refractivity contribution in [1.29, 1.82) is 0 Å². The van der Waals surface area contributed by atoms with Gasteiger partial charge in [0.15, 0.2) is 0 Å². The zero-order chi connectivity index (χ0) is 10.7. The Balaban J connectivity index is 1.80. The maximum absolute atomic E-state index is 9.53. The molecule has 15 heavy (non-hydrogen) atoms. The molecule has 1 atom stereocenters. The summed E-state index contributed by atoms with van der Waals surface area (Å²) in [6, 6.07) is 0. The highest BCUT2D eigenvalue weighted by molar-refractivity contribution is 4.88. The van der Waals surface area contributed by atoms with Crippen molar-refractivity contribution in [2.45, 2.75) is 32.4 Å². The van der Waals surface area contributed by atoms with Crippen LogP contribution in [0.4, 0.5) is 0 Å². The third-order valence-corrected chi connectivity index (χ3v) is 3.06. The van der Waals surface area contributed by atoms with Gasteiger partial charge in [0, 0.05) is 32.0 Å². The first kappa shape index (κ1) is 10.6. The zero-order valence-electron chi connectivity index (χ0n) is 9.26. The van der Waals surface area contributed by atoms with E-state index in [0.717, 1.165) is 44.8 Å². The molecule has 1 unspecified atom stereocenters. The minimum Gasteiger partial charge on any atom is -0.392 e. The van der Waals surface area contributed by atoms with Gasteiger partial charge in [-0.25, -0.2) is 4.98 Å². The second kappa shape index (κ2) is 4.77. The molecule has 1 aliphatic heterocycles. The van der Waals surface area contributed by atoms with Crippen LogP contribution in [0.25, 0.3) is 0 Å². The molecule has 1 N–H and O–H groups in total. The van der Waals surface area contributed by atoms with Gasteiger partial charge in [0.05, 0.1) is 6.10 Å². The lowest BCUT2D eigenvalue weighted by Gasteiger charge is -2.30. The molecule has 0 aromatic carbocycles. The van der Waals surface area contributed by atoms with E-state index in [-0.39, 0.29) is 6.10 Å². The topological polar surface area (TPSA) is 41.3 Å². The van der Waals surface area contributed by atoms with E-state index in [1.54, 1.807) is 0 Å². The normalized spacial score (nSPS) is 23.2. The summed E-state index contributed by atoms with van der Waals surface area (Å²) in [5.74, 6) is 1.06. The molecule has 4 heteroatoms. The molecule has 1 aliphatic rings. The molecule has 1 aromatic heterocycles. The molecule has 0 aliphatic carbocycles. The van der Waals surface area contributed by atoms with Crippen LogP contribution in [-0.2, 0) is 6.54 Å². The zero-order valence-corrected chi connectivity index (χ0v) is 9.26. The van der Waals surface area contributed by atoms with Gasteiger partial charge in [0.25, 0.3) is 0 Å². The number of hydrogen-bond acceptors (Lipinski definition) is 3. The van der Waals surface area contributed by atoms with Gasteiger partial charge in [-0.1, -0.05) is 0 Å². The number of aliphatic hydroxyl groups is 1. The minimum atomic E-state index is -0.123. The predicted octanol–water partition coefficient (Wildman–Crippen LogP) is 0.648. The number of aromatic nitrogens is 2. The van der Waals surface area contributed by atoms with Gasteiger partial charge in [-0.15, -0.1) is 0 Å². The number of aryl methyl sites for hydroxylation is 1. The van der Waals surface area contributed by atoms with Crippen LogP contribution in [0.3, 0.4) is 0 Å². The molecule has 2 heterocycles. The molecule has 1 fully saturated rings. The summed E-state index contributed by atoms with van der Waals surface area (Å²) in [7, 11) is 0. The third-order valence-electron chi connectivity index (χ3n) is 3.06. The van der Waals surface area contributed by atoms with E-state index < -0.39 is 0 Å². The SMILES string of the molecule is Cc1nccn1CCN1CCCC(O)C1. The van der Waals surface area contributed by atoms with E-state index in [1.807, 2.05) is 19.3 Å². The van der Waals surface area contributed by atoms with Crippen LogP contribution < -0.4 is 0 Å². The van der Waals surface area contributed by atoms with Crippen LogP contribution in [0, 0.1) is 6.92 Å². The molecule has 1 saturated heterocycles. The number of piperidine rings is 1. The summed E-state index contributed by atoms with van der Waals surface area (Å²) in [5, 5.41) is 9.53. The fraction of sp³-hybridized carbons (Fsp3) is 0.727. The number of likely N-dealkylation sites (tertiary alicyclic amines) is 1. The summed E-state index contributed by atoms with van der Waals surface area (Å²) >= 11 is 0. The maximum Gasteiger partial charge on any atom is 0.105 e. The van der Waals surface area contributed by atoms with E-state index in [9.17, 15) is 5.11 Å².